The Morgan fingerprint density at radius 3 is 2.56 bits per heavy atom. The number of ketones is 1. The molecule has 2 rings (SSSR count). The van der Waals surface area contributed by atoms with E-state index in [1.165, 1.54) is 11.1 Å². The lowest BCUT2D eigenvalue weighted by molar-refractivity contribution is 0.102. The largest absolute Gasteiger partial charge is 0.294 e. The Hall–Kier alpha value is -1.41. The zero-order valence-electron chi connectivity index (χ0n) is 9.27. The predicted molar refractivity (Wildman–Crippen MR) is 68.2 cm³/mol. The first kappa shape index (κ1) is 11.1. The molecule has 0 bridgehead atoms. The van der Waals surface area contributed by atoms with Crippen LogP contribution in [0.5, 0.6) is 0 Å². The van der Waals surface area contributed by atoms with Gasteiger partial charge in [0.2, 0.25) is 0 Å². The molecule has 0 atom stereocenters. The molecule has 0 radical (unpaired) electrons. The molecule has 82 valence electrons. The van der Waals surface area contributed by atoms with E-state index in [0.29, 0.717) is 0 Å². The van der Waals surface area contributed by atoms with Crippen molar-refractivity contribution in [1.29, 1.82) is 0 Å². The molecule has 1 heterocycles. The maximum absolute atomic E-state index is 11.3. The average molecular weight is 230 g/mol. The molecule has 16 heavy (non-hydrogen) atoms. The van der Waals surface area contributed by atoms with Crippen molar-refractivity contribution in [3.8, 4) is 0 Å². The first-order valence-electron chi connectivity index (χ1n) is 5.38. The second-order valence-electron chi connectivity index (χ2n) is 3.82. The van der Waals surface area contributed by atoms with E-state index >= 15 is 0 Å². The number of benzene rings is 1. The molecule has 0 saturated carbocycles. The van der Waals surface area contributed by atoms with E-state index in [9.17, 15) is 4.79 Å². The molecule has 0 saturated heterocycles. The lowest BCUT2D eigenvalue weighted by Crippen LogP contribution is -1.96. The van der Waals surface area contributed by atoms with E-state index < -0.39 is 0 Å². The summed E-state index contributed by atoms with van der Waals surface area (Å²) in [5.41, 5.74) is 2.50. The van der Waals surface area contributed by atoms with Crippen LogP contribution in [-0.4, -0.2) is 5.78 Å². The molecule has 0 spiro atoms. The topological polar surface area (TPSA) is 17.1 Å². The van der Waals surface area contributed by atoms with Gasteiger partial charge in [0, 0.05) is 0 Å². The van der Waals surface area contributed by atoms with Crippen LogP contribution in [0.2, 0.25) is 0 Å². The van der Waals surface area contributed by atoms with Crippen LogP contribution in [0.15, 0.2) is 41.8 Å². The van der Waals surface area contributed by atoms with Crippen LogP contribution >= 0.6 is 11.3 Å². The summed E-state index contributed by atoms with van der Waals surface area (Å²) in [5.74, 6) is 0.179. The maximum Gasteiger partial charge on any atom is 0.169 e. The summed E-state index contributed by atoms with van der Waals surface area (Å²) in [6.07, 6.45) is 1.94. The highest BCUT2D eigenvalue weighted by Gasteiger charge is 2.08. The number of hydrogen-bond acceptors (Lipinski definition) is 2. The van der Waals surface area contributed by atoms with Gasteiger partial charge in [-0.05, 0) is 42.3 Å². The van der Waals surface area contributed by atoms with Gasteiger partial charge in [-0.25, -0.2) is 0 Å². The summed E-state index contributed by atoms with van der Waals surface area (Å²) in [6, 6.07) is 12.4. The molecule has 1 aromatic heterocycles. The van der Waals surface area contributed by atoms with Crippen molar-refractivity contribution in [3.05, 3.63) is 57.8 Å². The highest BCUT2D eigenvalue weighted by molar-refractivity contribution is 7.12. The van der Waals surface area contributed by atoms with Gasteiger partial charge >= 0.3 is 0 Å². The van der Waals surface area contributed by atoms with Gasteiger partial charge in [-0.2, -0.15) is 0 Å². The van der Waals surface area contributed by atoms with Crippen molar-refractivity contribution < 1.29 is 4.79 Å². The Bertz CT molecular complexity index is 470. The molecule has 0 aliphatic carbocycles. The van der Waals surface area contributed by atoms with Gasteiger partial charge in [0.25, 0.3) is 0 Å². The molecular formula is C14H14OS. The van der Waals surface area contributed by atoms with E-state index in [0.717, 1.165) is 17.7 Å². The predicted octanol–water partition coefficient (Wildman–Crippen LogP) is 3.74. The van der Waals surface area contributed by atoms with Crippen molar-refractivity contribution in [3.63, 3.8) is 0 Å². The third kappa shape index (κ3) is 2.58. The van der Waals surface area contributed by atoms with Gasteiger partial charge in [0.05, 0.1) is 4.88 Å². The molecule has 2 aromatic rings. The molecule has 0 unspecified atom stereocenters. The normalized spacial score (nSPS) is 10.3. The molecule has 0 N–H and O–H groups in total. The third-order valence-electron chi connectivity index (χ3n) is 2.59. The van der Waals surface area contributed by atoms with Gasteiger partial charge in [-0.1, -0.05) is 30.3 Å². The Balaban J connectivity index is 2.05. The second-order valence-corrected chi connectivity index (χ2v) is 4.73. The summed E-state index contributed by atoms with van der Waals surface area (Å²) in [7, 11) is 0. The van der Waals surface area contributed by atoms with Crippen molar-refractivity contribution in [2.45, 2.75) is 19.8 Å². The molecule has 0 aliphatic heterocycles. The zero-order valence-corrected chi connectivity index (χ0v) is 10.1. The Kier molecular flexibility index (Phi) is 3.52. The van der Waals surface area contributed by atoms with Crippen LogP contribution in [0.4, 0.5) is 0 Å². The fourth-order valence-electron chi connectivity index (χ4n) is 1.77. The van der Waals surface area contributed by atoms with Crippen molar-refractivity contribution >= 4 is 17.1 Å². The molecule has 2 heteroatoms. The number of rotatable bonds is 4. The van der Waals surface area contributed by atoms with Crippen LogP contribution in [0.25, 0.3) is 0 Å². The molecule has 1 aromatic carbocycles. The Morgan fingerprint density at radius 1 is 1.12 bits per heavy atom. The second kappa shape index (κ2) is 5.08. The first-order valence-corrected chi connectivity index (χ1v) is 6.26. The number of carbonyl (C=O) groups is 1. The Morgan fingerprint density at radius 2 is 1.88 bits per heavy atom. The third-order valence-corrected chi connectivity index (χ3v) is 3.65. The smallest absolute Gasteiger partial charge is 0.169 e. The SMILES string of the molecule is CC(=O)c1sccc1CCc1ccccc1. The molecule has 0 aliphatic rings. The molecule has 0 fully saturated rings. The Labute approximate surface area is 99.8 Å². The van der Waals surface area contributed by atoms with E-state index in [-0.39, 0.29) is 5.78 Å². The van der Waals surface area contributed by atoms with Crippen LogP contribution < -0.4 is 0 Å². The van der Waals surface area contributed by atoms with Crippen molar-refractivity contribution in [2.75, 3.05) is 0 Å². The fourth-order valence-corrected chi connectivity index (χ4v) is 2.62. The number of hydrogen-bond donors (Lipinski definition) is 0. The molecule has 0 amide bonds. The van der Waals surface area contributed by atoms with Gasteiger partial charge in [0.1, 0.15) is 0 Å². The average Bonchev–Trinajstić information content (AvgIpc) is 2.76. The van der Waals surface area contributed by atoms with Gasteiger partial charge in [-0.3, -0.25) is 4.79 Å². The van der Waals surface area contributed by atoms with Gasteiger partial charge < -0.3 is 0 Å². The fraction of sp³-hybridized carbons (Fsp3) is 0.214. The highest BCUT2D eigenvalue weighted by Crippen LogP contribution is 2.19. The minimum absolute atomic E-state index is 0.179. The molecule has 1 nitrogen and oxygen atoms in total. The summed E-state index contributed by atoms with van der Waals surface area (Å²) in [5, 5.41) is 2.00. The summed E-state index contributed by atoms with van der Waals surface area (Å²) >= 11 is 1.54. The minimum atomic E-state index is 0.179. The monoisotopic (exact) mass is 230 g/mol. The first-order chi connectivity index (χ1) is 7.77. The zero-order chi connectivity index (χ0) is 11.4. The van der Waals surface area contributed by atoms with Crippen molar-refractivity contribution in [1.82, 2.24) is 0 Å². The van der Waals surface area contributed by atoms with E-state index in [4.69, 9.17) is 0 Å². The van der Waals surface area contributed by atoms with Gasteiger partial charge in [-0.15, -0.1) is 11.3 Å². The minimum Gasteiger partial charge on any atom is -0.294 e. The van der Waals surface area contributed by atoms with Crippen LogP contribution in [0.1, 0.15) is 27.7 Å². The van der Waals surface area contributed by atoms with Crippen LogP contribution in [0, 0.1) is 0 Å². The number of carbonyl (C=O) groups excluding carboxylic acids is 1. The summed E-state index contributed by atoms with van der Waals surface area (Å²) in [6.45, 7) is 1.64. The lowest BCUT2D eigenvalue weighted by Gasteiger charge is -2.01. The summed E-state index contributed by atoms with van der Waals surface area (Å²) < 4.78 is 0. The highest BCUT2D eigenvalue weighted by atomic mass is 32.1. The lowest BCUT2D eigenvalue weighted by atomic mass is 10.0. The van der Waals surface area contributed by atoms with Crippen LogP contribution in [0.3, 0.4) is 0 Å². The number of thiophene rings is 1. The summed E-state index contributed by atoms with van der Waals surface area (Å²) in [4.78, 5) is 12.3. The van der Waals surface area contributed by atoms with E-state index in [1.807, 2.05) is 11.4 Å². The quantitative estimate of drug-likeness (QED) is 0.731. The maximum atomic E-state index is 11.3. The van der Waals surface area contributed by atoms with Crippen molar-refractivity contribution in [2.24, 2.45) is 0 Å². The van der Waals surface area contributed by atoms with Gasteiger partial charge in [0.15, 0.2) is 5.78 Å². The van der Waals surface area contributed by atoms with Crippen LogP contribution in [-0.2, 0) is 12.8 Å². The molecular weight excluding hydrogens is 216 g/mol. The van der Waals surface area contributed by atoms with E-state index in [2.05, 4.69) is 30.3 Å². The number of Topliss-reactive ketones (excluding diaryl/α,β-unsaturated/α-hetero) is 1. The number of aryl methyl sites for hydroxylation is 2. The van der Waals surface area contributed by atoms with E-state index in [1.54, 1.807) is 18.3 Å². The standard InChI is InChI=1S/C14H14OS/c1-11(15)14-13(9-10-16-14)8-7-12-5-3-2-4-6-12/h2-6,9-10H,7-8H2,1H3.